The zero-order chi connectivity index (χ0) is 18.4. The number of aromatic nitrogens is 5. The second-order valence-corrected chi connectivity index (χ2v) is 7.34. The molecule has 0 bridgehead atoms. The van der Waals surface area contributed by atoms with Gasteiger partial charge in [-0.3, -0.25) is 4.98 Å². The average Bonchev–Trinajstić information content (AvgIpc) is 3.11. The van der Waals surface area contributed by atoms with E-state index in [1.807, 2.05) is 6.20 Å². The molecule has 1 fully saturated rings. The van der Waals surface area contributed by atoms with Crippen molar-refractivity contribution < 1.29 is 9.47 Å². The topological polar surface area (TPSA) is 77.7 Å². The number of hydrogen-bond acceptors (Lipinski definition) is 7. The summed E-state index contributed by atoms with van der Waals surface area (Å²) in [7, 11) is 0. The molecular formula is C19H22N6O2. The lowest BCUT2D eigenvalue weighted by atomic mass is 10.0. The smallest absolute Gasteiger partial charge is 0.180 e. The Morgan fingerprint density at radius 1 is 1.26 bits per heavy atom. The van der Waals surface area contributed by atoms with E-state index in [2.05, 4.69) is 40.0 Å². The van der Waals surface area contributed by atoms with Crippen LogP contribution in [0.4, 0.5) is 5.82 Å². The summed E-state index contributed by atoms with van der Waals surface area (Å²) in [5, 5.41) is 12.9. The Morgan fingerprint density at radius 2 is 2.15 bits per heavy atom. The first-order valence-electron chi connectivity index (χ1n) is 9.29. The predicted octanol–water partition coefficient (Wildman–Crippen LogP) is 1.72. The molecule has 27 heavy (non-hydrogen) atoms. The van der Waals surface area contributed by atoms with Crippen molar-refractivity contribution in [3.8, 4) is 5.75 Å². The van der Waals surface area contributed by atoms with Gasteiger partial charge in [-0.05, 0) is 25.5 Å². The minimum Gasteiger partial charge on any atom is -0.491 e. The van der Waals surface area contributed by atoms with Crippen LogP contribution in [0.5, 0.6) is 5.75 Å². The molecule has 0 N–H and O–H groups in total. The molecule has 0 atom stereocenters. The van der Waals surface area contributed by atoms with E-state index in [0.717, 1.165) is 66.8 Å². The second kappa shape index (κ2) is 6.45. The SMILES string of the molecule is Cc1c(N2CCc3ncc(OCC4COC4)cc3C2)nn2cnnc2c1C. The van der Waals surface area contributed by atoms with Crippen LogP contribution in [0.25, 0.3) is 5.65 Å². The lowest BCUT2D eigenvalue weighted by molar-refractivity contribution is -0.0509. The van der Waals surface area contributed by atoms with Crippen molar-refractivity contribution >= 4 is 11.5 Å². The largest absolute Gasteiger partial charge is 0.491 e. The quantitative estimate of drug-likeness (QED) is 0.696. The van der Waals surface area contributed by atoms with Crippen molar-refractivity contribution in [1.82, 2.24) is 24.8 Å². The van der Waals surface area contributed by atoms with Crippen LogP contribution in [0.2, 0.25) is 0 Å². The van der Waals surface area contributed by atoms with Gasteiger partial charge in [0.05, 0.1) is 26.0 Å². The summed E-state index contributed by atoms with van der Waals surface area (Å²) in [5.41, 5.74) is 5.41. The summed E-state index contributed by atoms with van der Waals surface area (Å²) in [6.45, 7) is 8.10. The fourth-order valence-corrected chi connectivity index (χ4v) is 3.62. The van der Waals surface area contributed by atoms with E-state index in [1.165, 1.54) is 5.56 Å². The Labute approximate surface area is 157 Å². The average molecular weight is 366 g/mol. The Morgan fingerprint density at radius 3 is 2.96 bits per heavy atom. The van der Waals surface area contributed by atoms with Crippen LogP contribution >= 0.6 is 0 Å². The molecule has 1 saturated heterocycles. The number of hydrogen-bond donors (Lipinski definition) is 0. The van der Waals surface area contributed by atoms with Crippen molar-refractivity contribution in [3.63, 3.8) is 0 Å². The molecule has 2 aliphatic rings. The molecule has 5 rings (SSSR count). The molecule has 140 valence electrons. The van der Waals surface area contributed by atoms with Crippen molar-refractivity contribution in [3.05, 3.63) is 41.0 Å². The molecule has 2 aliphatic heterocycles. The lowest BCUT2D eigenvalue weighted by Gasteiger charge is -2.31. The van der Waals surface area contributed by atoms with Gasteiger partial charge < -0.3 is 14.4 Å². The van der Waals surface area contributed by atoms with Gasteiger partial charge in [0, 0.05) is 42.2 Å². The highest BCUT2D eigenvalue weighted by atomic mass is 16.5. The first-order valence-corrected chi connectivity index (χ1v) is 9.29. The summed E-state index contributed by atoms with van der Waals surface area (Å²) >= 11 is 0. The van der Waals surface area contributed by atoms with E-state index in [1.54, 1.807) is 10.8 Å². The Bertz CT molecular complexity index is 997. The molecule has 8 nitrogen and oxygen atoms in total. The first kappa shape index (κ1) is 16.4. The van der Waals surface area contributed by atoms with E-state index in [9.17, 15) is 0 Å². The molecule has 0 spiro atoms. The van der Waals surface area contributed by atoms with Gasteiger partial charge in [-0.2, -0.15) is 4.52 Å². The molecule has 0 aliphatic carbocycles. The third-order valence-electron chi connectivity index (χ3n) is 5.47. The molecule has 0 saturated carbocycles. The van der Waals surface area contributed by atoms with Crippen molar-refractivity contribution in [1.29, 1.82) is 0 Å². The molecule has 0 radical (unpaired) electrons. The van der Waals surface area contributed by atoms with Gasteiger partial charge in [-0.15, -0.1) is 15.3 Å². The number of nitrogens with zero attached hydrogens (tertiary/aromatic N) is 6. The fourth-order valence-electron chi connectivity index (χ4n) is 3.62. The zero-order valence-corrected chi connectivity index (χ0v) is 15.6. The number of aryl methyl sites for hydroxylation is 1. The van der Waals surface area contributed by atoms with Crippen LogP contribution in [0, 0.1) is 19.8 Å². The molecule has 8 heteroatoms. The Hall–Kier alpha value is -2.74. The maximum absolute atomic E-state index is 5.91. The summed E-state index contributed by atoms with van der Waals surface area (Å²) in [5.74, 6) is 2.31. The predicted molar refractivity (Wildman–Crippen MR) is 99.1 cm³/mol. The van der Waals surface area contributed by atoms with Gasteiger partial charge >= 0.3 is 0 Å². The van der Waals surface area contributed by atoms with Gasteiger partial charge in [0.15, 0.2) is 11.5 Å². The van der Waals surface area contributed by atoms with Gasteiger partial charge in [0.1, 0.15) is 12.1 Å². The van der Waals surface area contributed by atoms with Crippen LogP contribution in [-0.2, 0) is 17.7 Å². The summed E-state index contributed by atoms with van der Waals surface area (Å²) < 4.78 is 12.9. The fraction of sp³-hybridized carbons (Fsp3) is 0.474. The van der Waals surface area contributed by atoms with E-state index >= 15 is 0 Å². The monoisotopic (exact) mass is 366 g/mol. The van der Waals surface area contributed by atoms with Crippen molar-refractivity contribution in [2.45, 2.75) is 26.8 Å². The van der Waals surface area contributed by atoms with Crippen LogP contribution in [0.3, 0.4) is 0 Å². The highest BCUT2D eigenvalue weighted by Gasteiger charge is 2.23. The lowest BCUT2D eigenvalue weighted by Crippen LogP contribution is -2.33. The normalized spacial score (nSPS) is 17.0. The summed E-state index contributed by atoms with van der Waals surface area (Å²) in [4.78, 5) is 6.92. The maximum atomic E-state index is 5.91. The van der Waals surface area contributed by atoms with E-state index in [4.69, 9.17) is 14.6 Å². The van der Waals surface area contributed by atoms with Crippen LogP contribution < -0.4 is 9.64 Å². The highest BCUT2D eigenvalue weighted by molar-refractivity contribution is 5.59. The number of anilines is 1. The van der Waals surface area contributed by atoms with Crippen molar-refractivity contribution in [2.24, 2.45) is 5.92 Å². The molecule has 5 heterocycles. The van der Waals surface area contributed by atoms with Gasteiger partial charge in [-0.1, -0.05) is 0 Å². The molecule has 0 amide bonds. The second-order valence-electron chi connectivity index (χ2n) is 7.34. The molecular weight excluding hydrogens is 344 g/mol. The van der Waals surface area contributed by atoms with E-state index < -0.39 is 0 Å². The molecule has 3 aromatic heterocycles. The van der Waals surface area contributed by atoms with Crippen LogP contribution in [-0.4, -0.2) is 51.2 Å². The standard InChI is InChI=1S/C19H22N6O2/c1-12-13(2)19(23-25-11-21-22-18(12)25)24-4-3-17-15(7-24)5-16(6-20-17)27-10-14-8-26-9-14/h5-6,11,14H,3-4,7-10H2,1-2H3. The minimum absolute atomic E-state index is 0.503. The molecule has 0 aromatic carbocycles. The maximum Gasteiger partial charge on any atom is 0.180 e. The van der Waals surface area contributed by atoms with Gasteiger partial charge in [0.2, 0.25) is 0 Å². The van der Waals surface area contributed by atoms with Gasteiger partial charge in [-0.25, -0.2) is 0 Å². The third-order valence-corrected chi connectivity index (χ3v) is 5.47. The van der Waals surface area contributed by atoms with Crippen molar-refractivity contribution in [2.75, 3.05) is 31.3 Å². The van der Waals surface area contributed by atoms with Gasteiger partial charge in [0.25, 0.3) is 0 Å². The Balaban J connectivity index is 1.40. The molecule has 3 aromatic rings. The summed E-state index contributed by atoms with van der Waals surface area (Å²) in [6, 6.07) is 2.12. The van der Waals surface area contributed by atoms with Crippen LogP contribution in [0.15, 0.2) is 18.6 Å². The number of pyridine rings is 1. The first-order chi connectivity index (χ1) is 13.2. The highest BCUT2D eigenvalue weighted by Crippen LogP contribution is 2.29. The number of rotatable bonds is 4. The van der Waals surface area contributed by atoms with E-state index in [-0.39, 0.29) is 0 Å². The summed E-state index contributed by atoms with van der Waals surface area (Å²) in [6.07, 6.45) is 4.39. The minimum atomic E-state index is 0.503. The molecule has 0 unspecified atom stereocenters. The zero-order valence-electron chi connectivity index (χ0n) is 15.6. The number of fused-ring (bicyclic) bond motifs is 2. The van der Waals surface area contributed by atoms with E-state index in [0.29, 0.717) is 12.5 Å². The third kappa shape index (κ3) is 2.90. The number of ether oxygens (including phenoxy) is 2. The van der Waals surface area contributed by atoms with Crippen LogP contribution in [0.1, 0.15) is 22.4 Å². The Kier molecular flexibility index (Phi) is 3.93.